The van der Waals surface area contributed by atoms with E-state index in [0.29, 0.717) is 13.0 Å². The Bertz CT molecular complexity index is 438. The Labute approximate surface area is 110 Å². The summed E-state index contributed by atoms with van der Waals surface area (Å²) in [6.07, 6.45) is 5.58. The largest absolute Gasteiger partial charge is 0.481 e. The quantitative estimate of drug-likeness (QED) is 0.707. The van der Waals surface area contributed by atoms with Crippen LogP contribution in [0.25, 0.3) is 0 Å². The van der Waals surface area contributed by atoms with Gasteiger partial charge in [-0.1, -0.05) is 12.8 Å². The van der Waals surface area contributed by atoms with Gasteiger partial charge in [0.1, 0.15) is 0 Å². The normalized spacial score (nSPS) is 10.2. The summed E-state index contributed by atoms with van der Waals surface area (Å²) in [5.74, 6) is -1.88. The third kappa shape index (κ3) is 5.94. The molecule has 19 heavy (non-hydrogen) atoms. The smallest absolute Gasteiger partial charge is 0.303 e. The lowest BCUT2D eigenvalue weighted by molar-refractivity contribution is -0.137. The molecule has 0 aliphatic carbocycles. The molecule has 5 nitrogen and oxygen atoms in total. The highest BCUT2D eigenvalue weighted by Crippen LogP contribution is 2.05. The van der Waals surface area contributed by atoms with Crippen molar-refractivity contribution in [2.75, 3.05) is 6.54 Å². The maximum atomic E-state index is 13.2. The van der Waals surface area contributed by atoms with E-state index in [0.717, 1.165) is 25.5 Å². The average molecular weight is 268 g/mol. The molecule has 0 radical (unpaired) electrons. The highest BCUT2D eigenvalue weighted by molar-refractivity contribution is 5.94. The van der Waals surface area contributed by atoms with Crippen LogP contribution in [0.2, 0.25) is 0 Å². The van der Waals surface area contributed by atoms with Crippen molar-refractivity contribution in [1.29, 1.82) is 0 Å². The summed E-state index contributed by atoms with van der Waals surface area (Å²) in [5.41, 5.74) is -0.0131. The number of pyridine rings is 1. The van der Waals surface area contributed by atoms with Gasteiger partial charge in [-0.2, -0.15) is 0 Å². The topological polar surface area (TPSA) is 79.3 Å². The van der Waals surface area contributed by atoms with Crippen molar-refractivity contribution in [3.63, 3.8) is 0 Å². The molecule has 0 fully saturated rings. The van der Waals surface area contributed by atoms with Crippen molar-refractivity contribution in [2.24, 2.45) is 0 Å². The SMILES string of the molecule is O=C(O)CCCCCCNC(=O)c1ccncc1F. The van der Waals surface area contributed by atoms with Crippen molar-refractivity contribution in [2.45, 2.75) is 32.1 Å². The number of carboxylic acids is 1. The molecule has 0 spiro atoms. The van der Waals surface area contributed by atoms with Gasteiger partial charge in [0.25, 0.3) is 5.91 Å². The van der Waals surface area contributed by atoms with Crippen molar-refractivity contribution < 1.29 is 19.1 Å². The molecule has 1 heterocycles. The first-order chi connectivity index (χ1) is 9.11. The summed E-state index contributed by atoms with van der Waals surface area (Å²) in [4.78, 5) is 25.4. The molecule has 6 heteroatoms. The molecule has 0 aromatic carbocycles. The Hall–Kier alpha value is -1.98. The Morgan fingerprint density at radius 1 is 1.26 bits per heavy atom. The fourth-order valence-corrected chi connectivity index (χ4v) is 1.61. The molecule has 0 atom stereocenters. The second-order valence-electron chi connectivity index (χ2n) is 4.17. The number of unbranched alkanes of at least 4 members (excludes halogenated alkanes) is 3. The number of rotatable bonds is 8. The number of nitrogens with one attached hydrogen (secondary N) is 1. The zero-order chi connectivity index (χ0) is 14.1. The fourth-order valence-electron chi connectivity index (χ4n) is 1.61. The Balaban J connectivity index is 2.15. The molecule has 1 aromatic rings. The molecule has 1 amide bonds. The fraction of sp³-hybridized carbons (Fsp3) is 0.462. The molecule has 1 aromatic heterocycles. The molecule has 0 aliphatic rings. The van der Waals surface area contributed by atoms with Crippen LogP contribution in [0.15, 0.2) is 18.5 Å². The van der Waals surface area contributed by atoms with Gasteiger partial charge in [-0.3, -0.25) is 14.6 Å². The van der Waals surface area contributed by atoms with Gasteiger partial charge in [0, 0.05) is 19.2 Å². The van der Waals surface area contributed by atoms with Gasteiger partial charge < -0.3 is 10.4 Å². The van der Waals surface area contributed by atoms with E-state index in [1.807, 2.05) is 0 Å². The zero-order valence-corrected chi connectivity index (χ0v) is 10.6. The minimum atomic E-state index is -0.790. The van der Waals surface area contributed by atoms with E-state index in [9.17, 15) is 14.0 Å². The van der Waals surface area contributed by atoms with Crippen LogP contribution in [-0.4, -0.2) is 28.5 Å². The number of hydrogen-bond acceptors (Lipinski definition) is 3. The molecule has 0 aliphatic heterocycles. The Morgan fingerprint density at radius 2 is 2.00 bits per heavy atom. The van der Waals surface area contributed by atoms with Crippen LogP contribution in [0.4, 0.5) is 4.39 Å². The number of amides is 1. The monoisotopic (exact) mass is 268 g/mol. The van der Waals surface area contributed by atoms with Crippen LogP contribution >= 0.6 is 0 Å². The summed E-state index contributed by atoms with van der Waals surface area (Å²) >= 11 is 0. The van der Waals surface area contributed by atoms with Crippen LogP contribution in [0.5, 0.6) is 0 Å². The molecular weight excluding hydrogens is 251 g/mol. The van der Waals surface area contributed by atoms with Gasteiger partial charge in [0.05, 0.1) is 11.8 Å². The van der Waals surface area contributed by atoms with Crippen molar-refractivity contribution in [1.82, 2.24) is 10.3 Å². The molecule has 104 valence electrons. The molecule has 2 N–H and O–H groups in total. The lowest BCUT2D eigenvalue weighted by atomic mass is 10.1. The highest BCUT2D eigenvalue weighted by Gasteiger charge is 2.09. The second kappa shape index (κ2) is 8.18. The number of carboxylic acid groups (broad SMARTS) is 1. The summed E-state index contributed by atoms with van der Waals surface area (Å²) in [6, 6.07) is 1.33. The van der Waals surface area contributed by atoms with Gasteiger partial charge >= 0.3 is 5.97 Å². The Morgan fingerprint density at radius 3 is 2.68 bits per heavy atom. The maximum Gasteiger partial charge on any atom is 0.303 e. The molecule has 0 saturated heterocycles. The van der Waals surface area contributed by atoms with Crippen LogP contribution in [0, 0.1) is 5.82 Å². The number of aliphatic carboxylic acids is 1. The first-order valence-electron chi connectivity index (χ1n) is 6.21. The number of nitrogens with zero attached hydrogens (tertiary/aromatic N) is 1. The van der Waals surface area contributed by atoms with Crippen LogP contribution in [-0.2, 0) is 4.79 Å². The van der Waals surface area contributed by atoms with E-state index < -0.39 is 17.7 Å². The lowest BCUT2D eigenvalue weighted by Crippen LogP contribution is -2.25. The molecule has 0 saturated carbocycles. The molecular formula is C13H17FN2O3. The van der Waals surface area contributed by atoms with Gasteiger partial charge in [-0.05, 0) is 18.9 Å². The van der Waals surface area contributed by atoms with Crippen LogP contribution in [0.1, 0.15) is 42.5 Å². The van der Waals surface area contributed by atoms with Gasteiger partial charge in [0.2, 0.25) is 0 Å². The van der Waals surface area contributed by atoms with Crippen molar-refractivity contribution in [3.8, 4) is 0 Å². The predicted octanol–water partition coefficient (Wildman–Crippen LogP) is 1.99. The molecule has 1 rings (SSSR count). The molecule has 0 unspecified atom stereocenters. The number of carbonyl (C=O) groups excluding carboxylic acids is 1. The standard InChI is InChI=1S/C13H17FN2O3/c14-11-9-15-8-6-10(11)13(19)16-7-4-2-1-3-5-12(17)18/h6,8-9H,1-5,7H2,(H,16,19)(H,17,18). The van der Waals surface area contributed by atoms with Crippen LogP contribution < -0.4 is 5.32 Å². The first kappa shape index (κ1) is 15.1. The van der Waals surface area contributed by atoms with E-state index in [1.54, 1.807) is 0 Å². The van der Waals surface area contributed by atoms with E-state index in [-0.39, 0.29) is 12.0 Å². The Kier molecular flexibility index (Phi) is 6.49. The van der Waals surface area contributed by atoms with Crippen LogP contribution in [0.3, 0.4) is 0 Å². The summed E-state index contributed by atoms with van der Waals surface area (Å²) in [5, 5.41) is 11.1. The summed E-state index contributed by atoms with van der Waals surface area (Å²) in [6.45, 7) is 0.452. The minimum absolute atomic E-state index is 0.0131. The predicted molar refractivity (Wildman–Crippen MR) is 67.2 cm³/mol. The second-order valence-corrected chi connectivity index (χ2v) is 4.17. The third-order valence-electron chi connectivity index (χ3n) is 2.62. The van der Waals surface area contributed by atoms with Gasteiger partial charge in [-0.25, -0.2) is 4.39 Å². The van der Waals surface area contributed by atoms with E-state index in [1.165, 1.54) is 12.3 Å². The minimum Gasteiger partial charge on any atom is -0.481 e. The van der Waals surface area contributed by atoms with E-state index in [4.69, 9.17) is 5.11 Å². The van der Waals surface area contributed by atoms with E-state index in [2.05, 4.69) is 10.3 Å². The summed E-state index contributed by atoms with van der Waals surface area (Å²) in [7, 11) is 0. The lowest BCUT2D eigenvalue weighted by Gasteiger charge is -2.05. The average Bonchev–Trinajstić information content (AvgIpc) is 2.37. The highest BCUT2D eigenvalue weighted by atomic mass is 19.1. The number of aromatic nitrogens is 1. The number of halogens is 1. The summed E-state index contributed by atoms with van der Waals surface area (Å²) < 4.78 is 13.2. The number of hydrogen-bond donors (Lipinski definition) is 2. The third-order valence-corrected chi connectivity index (χ3v) is 2.62. The van der Waals surface area contributed by atoms with Gasteiger partial charge in [0.15, 0.2) is 5.82 Å². The van der Waals surface area contributed by atoms with Gasteiger partial charge in [-0.15, -0.1) is 0 Å². The van der Waals surface area contributed by atoms with E-state index >= 15 is 0 Å². The van der Waals surface area contributed by atoms with Crippen molar-refractivity contribution >= 4 is 11.9 Å². The zero-order valence-electron chi connectivity index (χ0n) is 10.6. The van der Waals surface area contributed by atoms with Crippen molar-refractivity contribution in [3.05, 3.63) is 29.8 Å². The molecule has 0 bridgehead atoms. The first-order valence-corrected chi connectivity index (χ1v) is 6.21. The maximum absolute atomic E-state index is 13.2. The number of carbonyl (C=O) groups is 2.